The van der Waals surface area contributed by atoms with Crippen LogP contribution in [0.1, 0.15) is 35.5 Å². The van der Waals surface area contributed by atoms with Crippen molar-refractivity contribution < 1.29 is 23.1 Å². The predicted octanol–water partition coefficient (Wildman–Crippen LogP) is 4.20. The molecule has 3 aromatic rings. The first kappa shape index (κ1) is 26.0. The lowest BCUT2D eigenvalue weighted by molar-refractivity contribution is -0.114. The van der Waals surface area contributed by atoms with E-state index in [-0.39, 0.29) is 11.7 Å². The van der Waals surface area contributed by atoms with E-state index in [1.807, 2.05) is 24.3 Å². The molecule has 2 aromatic carbocycles. The summed E-state index contributed by atoms with van der Waals surface area (Å²) in [6.07, 6.45) is 1.87. The van der Waals surface area contributed by atoms with Gasteiger partial charge >= 0.3 is 6.09 Å². The topological polar surface area (TPSA) is 138 Å². The molecular weight excluding hydrogens is 488 g/mol. The molecule has 35 heavy (non-hydrogen) atoms. The summed E-state index contributed by atoms with van der Waals surface area (Å²) >= 11 is 1.41. The zero-order valence-electron chi connectivity index (χ0n) is 19.3. The zero-order chi connectivity index (χ0) is 25.4. The number of nitrogens with zero attached hydrogens (tertiary/aromatic N) is 2. The molecule has 0 saturated carbocycles. The van der Waals surface area contributed by atoms with Gasteiger partial charge in [-0.25, -0.2) is 23.2 Å². The molecule has 0 saturated heterocycles. The van der Waals surface area contributed by atoms with E-state index in [1.54, 1.807) is 31.2 Å². The fourth-order valence-electron chi connectivity index (χ4n) is 3.26. The molecule has 0 fully saturated rings. The number of hydrogen-bond donors (Lipinski definition) is 3. The standard InChI is InChI=1S/C24H26N4O5S2/c1-3-35(32,33)20-11-6-18(7-12-20)14-22-21(28-23(34-22)27-16(2)29)13-8-17-4-9-19(10-5-17)25-15-26-24(30)31/h4-7,9-12,15H,3,8,13-14H2,1-2H3,(H,25,26)(H,30,31)(H,27,28,29). The van der Waals surface area contributed by atoms with Gasteiger partial charge in [-0.05, 0) is 48.2 Å². The number of aromatic nitrogens is 1. The molecule has 1 heterocycles. The molecule has 3 rings (SSSR count). The zero-order valence-corrected chi connectivity index (χ0v) is 20.9. The molecule has 11 heteroatoms. The van der Waals surface area contributed by atoms with E-state index < -0.39 is 15.9 Å². The SMILES string of the molecule is CCS(=O)(=O)c1ccc(Cc2sc(NC(C)=O)nc2CCc2ccc(N=CNC(=O)O)cc2)cc1. The van der Waals surface area contributed by atoms with Crippen molar-refractivity contribution in [1.29, 1.82) is 0 Å². The maximum atomic E-state index is 12.1. The van der Waals surface area contributed by atoms with Crippen LogP contribution in [0, 0.1) is 0 Å². The van der Waals surface area contributed by atoms with Gasteiger partial charge in [0.15, 0.2) is 15.0 Å². The third kappa shape index (κ3) is 7.72. The average molecular weight is 515 g/mol. The lowest BCUT2D eigenvalue weighted by Crippen LogP contribution is -2.17. The Morgan fingerprint density at radius 2 is 1.71 bits per heavy atom. The largest absolute Gasteiger partial charge is 0.465 e. The number of nitrogens with one attached hydrogen (secondary N) is 2. The fourth-order valence-corrected chi connectivity index (χ4v) is 5.23. The second-order valence-electron chi connectivity index (χ2n) is 7.67. The number of anilines is 1. The maximum Gasteiger partial charge on any atom is 0.409 e. The number of benzene rings is 2. The van der Waals surface area contributed by atoms with Gasteiger partial charge in [-0.3, -0.25) is 10.1 Å². The highest BCUT2D eigenvalue weighted by molar-refractivity contribution is 7.91. The number of hydrogen-bond acceptors (Lipinski definition) is 7. The van der Waals surface area contributed by atoms with Gasteiger partial charge in [-0.15, -0.1) is 11.3 Å². The first-order valence-corrected chi connectivity index (χ1v) is 13.3. The second-order valence-corrected chi connectivity index (χ2v) is 11.0. The Bertz CT molecular complexity index is 1310. The van der Waals surface area contributed by atoms with E-state index in [1.165, 1.54) is 18.3 Å². The quantitative estimate of drug-likeness (QED) is 0.274. The van der Waals surface area contributed by atoms with E-state index in [0.717, 1.165) is 28.0 Å². The highest BCUT2D eigenvalue weighted by Crippen LogP contribution is 2.28. The number of rotatable bonds is 10. The summed E-state index contributed by atoms with van der Waals surface area (Å²) in [6.45, 7) is 3.05. The normalized spacial score (nSPS) is 11.5. The molecule has 0 aliphatic rings. The lowest BCUT2D eigenvalue weighted by atomic mass is 10.0. The van der Waals surface area contributed by atoms with Crippen LogP contribution in [0.4, 0.5) is 15.6 Å². The van der Waals surface area contributed by atoms with Crippen molar-refractivity contribution in [3.05, 3.63) is 70.2 Å². The van der Waals surface area contributed by atoms with Gasteiger partial charge in [0.1, 0.15) is 0 Å². The van der Waals surface area contributed by atoms with Crippen molar-refractivity contribution in [3.8, 4) is 0 Å². The van der Waals surface area contributed by atoms with Crippen molar-refractivity contribution in [2.75, 3.05) is 11.1 Å². The highest BCUT2D eigenvalue weighted by atomic mass is 32.2. The minimum atomic E-state index is -3.25. The van der Waals surface area contributed by atoms with Crippen molar-refractivity contribution in [1.82, 2.24) is 10.3 Å². The Balaban J connectivity index is 1.73. The summed E-state index contributed by atoms with van der Waals surface area (Å²) in [4.78, 5) is 31.9. The van der Waals surface area contributed by atoms with E-state index in [2.05, 4.69) is 20.6 Å². The first-order chi connectivity index (χ1) is 16.7. The summed E-state index contributed by atoms with van der Waals surface area (Å²) in [7, 11) is -3.25. The number of carbonyl (C=O) groups is 2. The van der Waals surface area contributed by atoms with Crippen molar-refractivity contribution >= 4 is 50.3 Å². The minimum absolute atomic E-state index is 0.0535. The molecule has 0 spiro atoms. The van der Waals surface area contributed by atoms with Crippen LogP contribution in [0.15, 0.2) is 58.4 Å². The van der Waals surface area contributed by atoms with Crippen LogP contribution in [0.25, 0.3) is 0 Å². The van der Waals surface area contributed by atoms with Gasteiger partial charge < -0.3 is 10.4 Å². The molecule has 0 aliphatic carbocycles. The minimum Gasteiger partial charge on any atom is -0.465 e. The van der Waals surface area contributed by atoms with Gasteiger partial charge in [0.2, 0.25) is 5.91 Å². The first-order valence-electron chi connectivity index (χ1n) is 10.8. The van der Waals surface area contributed by atoms with Gasteiger partial charge in [-0.2, -0.15) is 0 Å². The van der Waals surface area contributed by atoms with Crippen LogP contribution in [-0.4, -0.2) is 42.6 Å². The van der Waals surface area contributed by atoms with Crippen LogP contribution in [-0.2, 0) is 33.9 Å². The van der Waals surface area contributed by atoms with Crippen LogP contribution < -0.4 is 10.6 Å². The number of aliphatic imine (C=N–C) groups is 1. The fraction of sp³-hybridized carbons (Fsp3) is 0.250. The van der Waals surface area contributed by atoms with E-state index in [4.69, 9.17) is 5.11 Å². The Morgan fingerprint density at radius 1 is 1.06 bits per heavy atom. The summed E-state index contributed by atoms with van der Waals surface area (Å²) in [5, 5.41) is 13.9. The third-order valence-electron chi connectivity index (χ3n) is 5.08. The van der Waals surface area contributed by atoms with E-state index >= 15 is 0 Å². The summed E-state index contributed by atoms with van der Waals surface area (Å²) in [5.41, 5.74) is 3.51. The molecule has 184 valence electrons. The molecule has 3 N–H and O–H groups in total. The van der Waals surface area contributed by atoms with Crippen LogP contribution in [0.2, 0.25) is 0 Å². The molecule has 0 aliphatic heterocycles. The summed E-state index contributed by atoms with van der Waals surface area (Å²) in [6, 6.07) is 14.3. The Kier molecular flexibility index (Phi) is 8.72. The average Bonchev–Trinajstić information content (AvgIpc) is 3.18. The maximum absolute atomic E-state index is 12.1. The molecular formula is C24H26N4O5S2. The Morgan fingerprint density at radius 3 is 2.31 bits per heavy atom. The summed E-state index contributed by atoms with van der Waals surface area (Å²) < 4.78 is 24.1. The van der Waals surface area contributed by atoms with Gasteiger partial charge in [0, 0.05) is 18.2 Å². The van der Waals surface area contributed by atoms with Crippen molar-refractivity contribution in [3.63, 3.8) is 0 Å². The smallest absolute Gasteiger partial charge is 0.409 e. The molecule has 0 atom stereocenters. The van der Waals surface area contributed by atoms with Crippen molar-refractivity contribution in [2.45, 2.75) is 38.0 Å². The van der Waals surface area contributed by atoms with Gasteiger partial charge in [0.05, 0.1) is 28.4 Å². The Hall–Kier alpha value is -3.57. The van der Waals surface area contributed by atoms with Crippen LogP contribution in [0.3, 0.4) is 0 Å². The third-order valence-corrected chi connectivity index (χ3v) is 7.84. The molecule has 2 amide bonds. The summed E-state index contributed by atoms with van der Waals surface area (Å²) in [5.74, 6) is -0.141. The number of sulfone groups is 1. The van der Waals surface area contributed by atoms with Crippen molar-refractivity contribution in [2.24, 2.45) is 4.99 Å². The molecule has 0 radical (unpaired) electrons. The number of amides is 2. The van der Waals surface area contributed by atoms with Gasteiger partial charge in [-0.1, -0.05) is 31.2 Å². The molecule has 0 bridgehead atoms. The Labute approximate surface area is 207 Å². The lowest BCUT2D eigenvalue weighted by Gasteiger charge is -2.06. The molecule has 1 aromatic heterocycles. The van der Waals surface area contributed by atoms with E-state index in [9.17, 15) is 18.0 Å². The monoisotopic (exact) mass is 514 g/mol. The van der Waals surface area contributed by atoms with Crippen LogP contribution in [0.5, 0.6) is 0 Å². The second kappa shape index (κ2) is 11.7. The molecule has 9 nitrogen and oxygen atoms in total. The number of aryl methyl sites for hydroxylation is 2. The predicted molar refractivity (Wildman–Crippen MR) is 137 cm³/mol. The van der Waals surface area contributed by atoms with Crippen LogP contribution >= 0.6 is 11.3 Å². The van der Waals surface area contributed by atoms with Gasteiger partial charge in [0.25, 0.3) is 0 Å². The number of carbonyl (C=O) groups excluding carboxylic acids is 1. The van der Waals surface area contributed by atoms with E-state index in [0.29, 0.717) is 35.0 Å². The molecule has 0 unspecified atom stereocenters. The highest BCUT2D eigenvalue weighted by Gasteiger charge is 2.15. The number of thiazole rings is 1. The number of carboxylic acid groups (broad SMARTS) is 1.